The second kappa shape index (κ2) is 9.20. The molecule has 0 spiro atoms. The van der Waals surface area contributed by atoms with Crippen molar-refractivity contribution in [2.45, 2.75) is 25.3 Å². The van der Waals surface area contributed by atoms with Crippen LogP contribution in [-0.2, 0) is 16.0 Å². The lowest BCUT2D eigenvalue weighted by atomic mass is 10.0. The first kappa shape index (κ1) is 22.3. The first-order valence-corrected chi connectivity index (χ1v) is 13.6. The summed E-state index contributed by atoms with van der Waals surface area (Å²) in [4.78, 5) is 26.8. The highest BCUT2D eigenvalue weighted by Crippen LogP contribution is 2.37. The van der Waals surface area contributed by atoms with E-state index in [1.165, 1.54) is 33.8 Å². The summed E-state index contributed by atoms with van der Waals surface area (Å²) in [6.07, 6.45) is 7.33. The highest BCUT2D eigenvalue weighted by atomic mass is 16.5. The maximum atomic E-state index is 12.5. The molecule has 7 heteroatoms. The normalized spacial score (nSPS) is 22.9. The summed E-state index contributed by atoms with van der Waals surface area (Å²) in [6.45, 7) is 9.65. The van der Waals surface area contributed by atoms with Crippen molar-refractivity contribution in [3.8, 4) is 0 Å². The number of pyridine rings is 1. The van der Waals surface area contributed by atoms with Gasteiger partial charge in [-0.05, 0) is 48.3 Å². The molecule has 2 aromatic rings. The van der Waals surface area contributed by atoms with E-state index in [9.17, 15) is 4.79 Å². The second-order valence-corrected chi connectivity index (χ2v) is 10.9. The minimum Gasteiger partial charge on any atom is -0.378 e. The van der Waals surface area contributed by atoms with Crippen LogP contribution in [0.4, 0.5) is 11.4 Å². The predicted molar refractivity (Wildman–Crippen MR) is 142 cm³/mol. The van der Waals surface area contributed by atoms with Crippen molar-refractivity contribution in [3.63, 3.8) is 0 Å². The van der Waals surface area contributed by atoms with Gasteiger partial charge in [-0.3, -0.25) is 14.7 Å². The minimum absolute atomic E-state index is 0.311. The van der Waals surface area contributed by atoms with Crippen molar-refractivity contribution in [3.05, 3.63) is 53.3 Å². The molecule has 0 N–H and O–H groups in total. The van der Waals surface area contributed by atoms with Gasteiger partial charge in [-0.15, -0.1) is 0 Å². The lowest BCUT2D eigenvalue weighted by Crippen LogP contribution is -2.56. The van der Waals surface area contributed by atoms with Gasteiger partial charge in [-0.2, -0.15) is 0 Å². The number of carbonyl (C=O) groups excluding carboxylic acids is 1. The number of anilines is 2. The van der Waals surface area contributed by atoms with Crippen LogP contribution in [0.25, 0.3) is 11.6 Å². The van der Waals surface area contributed by atoms with Crippen LogP contribution in [-0.4, -0.2) is 92.3 Å². The van der Waals surface area contributed by atoms with Gasteiger partial charge in [0, 0.05) is 87.8 Å². The van der Waals surface area contributed by atoms with Gasteiger partial charge in [-0.25, -0.2) is 0 Å². The standard InChI is InChI=1S/C29H35N5O2/c35-29(22-1-2-22)34-15-13-33(14-16-34)28-7-8-30-27-18-23(17-26(27)28)21-3-5-24(6-4-21)31-9-11-32(12-10-31)25-19-36-20-25/h3-8,17,22,25H,1-2,9-16,18-20H2. The van der Waals surface area contributed by atoms with E-state index in [0.717, 1.165) is 84.8 Å². The number of hydrogen-bond donors (Lipinski definition) is 0. The zero-order chi connectivity index (χ0) is 24.1. The molecule has 0 radical (unpaired) electrons. The Morgan fingerprint density at radius 3 is 2.25 bits per heavy atom. The van der Waals surface area contributed by atoms with Gasteiger partial charge in [0.2, 0.25) is 5.91 Å². The Balaban J connectivity index is 1.02. The fourth-order valence-corrected chi connectivity index (χ4v) is 6.09. The Kier molecular flexibility index (Phi) is 5.70. The highest BCUT2D eigenvalue weighted by Gasteiger charge is 2.35. The van der Waals surface area contributed by atoms with Crippen LogP contribution >= 0.6 is 0 Å². The molecule has 3 aliphatic heterocycles. The van der Waals surface area contributed by atoms with E-state index < -0.39 is 0 Å². The van der Waals surface area contributed by atoms with E-state index in [4.69, 9.17) is 9.72 Å². The van der Waals surface area contributed by atoms with E-state index in [2.05, 4.69) is 56.0 Å². The van der Waals surface area contributed by atoms with Crippen molar-refractivity contribution in [2.75, 3.05) is 75.4 Å². The van der Waals surface area contributed by atoms with Gasteiger partial charge in [0.15, 0.2) is 0 Å². The van der Waals surface area contributed by atoms with Crippen LogP contribution < -0.4 is 9.80 Å². The summed E-state index contributed by atoms with van der Waals surface area (Å²) in [5.41, 5.74) is 7.63. The molecule has 1 amide bonds. The number of fused-ring (bicyclic) bond motifs is 1. The van der Waals surface area contributed by atoms with Gasteiger partial charge < -0.3 is 19.4 Å². The maximum absolute atomic E-state index is 12.5. The SMILES string of the molecule is O=C(C1CC1)N1CCN(c2ccnc3c2C=C(c2ccc(N4CCN(C5COC5)CC4)cc2)C3)CC1. The number of carbonyl (C=O) groups is 1. The third-order valence-electron chi connectivity index (χ3n) is 8.64. The number of hydrogen-bond acceptors (Lipinski definition) is 6. The van der Waals surface area contributed by atoms with Crippen LogP contribution in [0.3, 0.4) is 0 Å². The van der Waals surface area contributed by atoms with E-state index in [1.807, 2.05) is 6.20 Å². The largest absolute Gasteiger partial charge is 0.378 e. The Labute approximate surface area is 213 Å². The quantitative estimate of drug-likeness (QED) is 0.649. The summed E-state index contributed by atoms with van der Waals surface area (Å²) in [5, 5.41) is 0. The summed E-state index contributed by atoms with van der Waals surface area (Å²) in [6, 6.07) is 11.9. The number of allylic oxidation sites excluding steroid dienone is 1. The maximum Gasteiger partial charge on any atom is 0.225 e. The number of amides is 1. The molecule has 4 heterocycles. The smallest absolute Gasteiger partial charge is 0.225 e. The average Bonchev–Trinajstić information content (AvgIpc) is 3.66. The van der Waals surface area contributed by atoms with Gasteiger partial charge in [0.25, 0.3) is 0 Å². The molecule has 188 valence electrons. The first-order valence-electron chi connectivity index (χ1n) is 13.6. The molecule has 3 saturated heterocycles. The van der Waals surface area contributed by atoms with Gasteiger partial charge in [0.05, 0.1) is 24.9 Å². The summed E-state index contributed by atoms with van der Waals surface area (Å²) >= 11 is 0. The highest BCUT2D eigenvalue weighted by molar-refractivity contribution is 5.92. The van der Waals surface area contributed by atoms with E-state index in [-0.39, 0.29) is 0 Å². The van der Waals surface area contributed by atoms with Crippen LogP contribution in [0.1, 0.15) is 29.7 Å². The Hall–Kier alpha value is -2.90. The molecule has 5 aliphatic rings. The fourth-order valence-electron chi connectivity index (χ4n) is 6.09. The number of rotatable bonds is 5. The molecule has 7 rings (SSSR count). The lowest BCUT2D eigenvalue weighted by molar-refractivity contribution is -0.132. The molecule has 7 nitrogen and oxygen atoms in total. The summed E-state index contributed by atoms with van der Waals surface area (Å²) in [7, 11) is 0. The summed E-state index contributed by atoms with van der Waals surface area (Å²) < 4.78 is 5.37. The molecule has 1 saturated carbocycles. The number of piperazine rings is 2. The van der Waals surface area contributed by atoms with Crippen molar-refractivity contribution in [2.24, 2.45) is 5.92 Å². The van der Waals surface area contributed by atoms with E-state index in [0.29, 0.717) is 17.9 Å². The molecule has 1 aromatic heterocycles. The molecule has 2 aliphatic carbocycles. The first-order chi connectivity index (χ1) is 17.7. The number of nitrogens with zero attached hydrogens (tertiary/aromatic N) is 5. The molecule has 1 aromatic carbocycles. The topological polar surface area (TPSA) is 52.2 Å². The zero-order valence-electron chi connectivity index (χ0n) is 20.9. The van der Waals surface area contributed by atoms with Gasteiger partial charge in [0.1, 0.15) is 0 Å². The molecule has 0 bridgehead atoms. The van der Waals surface area contributed by atoms with E-state index in [1.54, 1.807) is 0 Å². The summed E-state index contributed by atoms with van der Waals surface area (Å²) in [5.74, 6) is 0.681. The number of ether oxygens (including phenoxy) is 1. The van der Waals surface area contributed by atoms with Crippen molar-refractivity contribution < 1.29 is 9.53 Å². The Morgan fingerprint density at radius 1 is 0.861 bits per heavy atom. The van der Waals surface area contributed by atoms with E-state index >= 15 is 0 Å². The molecule has 0 atom stereocenters. The van der Waals surface area contributed by atoms with Crippen molar-refractivity contribution in [1.29, 1.82) is 0 Å². The average molecular weight is 486 g/mol. The minimum atomic E-state index is 0.311. The fraction of sp³-hybridized carbons (Fsp3) is 0.517. The van der Waals surface area contributed by atoms with Gasteiger partial charge in [-0.1, -0.05) is 12.1 Å². The van der Waals surface area contributed by atoms with Crippen molar-refractivity contribution in [1.82, 2.24) is 14.8 Å². The van der Waals surface area contributed by atoms with Crippen LogP contribution in [0.15, 0.2) is 36.5 Å². The zero-order valence-corrected chi connectivity index (χ0v) is 20.9. The lowest BCUT2D eigenvalue weighted by Gasteiger charge is -2.43. The third-order valence-corrected chi connectivity index (χ3v) is 8.64. The van der Waals surface area contributed by atoms with Crippen LogP contribution in [0.5, 0.6) is 0 Å². The molecular formula is C29H35N5O2. The molecule has 4 fully saturated rings. The number of aromatic nitrogens is 1. The molecule has 36 heavy (non-hydrogen) atoms. The third kappa shape index (κ3) is 4.18. The second-order valence-electron chi connectivity index (χ2n) is 10.9. The van der Waals surface area contributed by atoms with Crippen LogP contribution in [0, 0.1) is 5.92 Å². The molecule has 0 unspecified atom stereocenters. The number of benzene rings is 1. The van der Waals surface area contributed by atoms with Gasteiger partial charge >= 0.3 is 0 Å². The predicted octanol–water partition coefficient (Wildman–Crippen LogP) is 2.76. The van der Waals surface area contributed by atoms with Crippen molar-refractivity contribution >= 4 is 28.9 Å². The monoisotopic (exact) mass is 485 g/mol. The Morgan fingerprint density at radius 2 is 1.58 bits per heavy atom. The van der Waals surface area contributed by atoms with Crippen LogP contribution in [0.2, 0.25) is 0 Å². The Bertz CT molecular complexity index is 1150. The molecular weight excluding hydrogens is 450 g/mol.